The summed E-state index contributed by atoms with van der Waals surface area (Å²) in [6.45, 7) is 0. The summed E-state index contributed by atoms with van der Waals surface area (Å²) in [6, 6.07) is 0. The number of hydrogen-bond acceptors (Lipinski definition) is 4. The lowest BCUT2D eigenvalue weighted by Gasteiger charge is -2.05. The van der Waals surface area contributed by atoms with Crippen LogP contribution < -0.4 is 0 Å². The normalized spacial score (nSPS) is 15.5. The Labute approximate surface area is 81.5 Å². The zero-order chi connectivity index (χ0) is 10.4. The second kappa shape index (κ2) is 5.01. The van der Waals surface area contributed by atoms with Crippen LogP contribution in [-0.2, 0) is 14.3 Å². The van der Waals surface area contributed by atoms with Gasteiger partial charge in [0.1, 0.15) is 0 Å². The van der Waals surface area contributed by atoms with Crippen LogP contribution >= 0.6 is 0 Å². The van der Waals surface area contributed by atoms with Gasteiger partial charge in [-0.15, -0.1) is 0 Å². The van der Waals surface area contributed by atoms with E-state index in [1.165, 1.54) is 13.2 Å². The molecule has 0 aromatic carbocycles. The van der Waals surface area contributed by atoms with E-state index in [0.29, 0.717) is 0 Å². The maximum Gasteiger partial charge on any atom is 0.513 e. The van der Waals surface area contributed by atoms with Crippen molar-refractivity contribution in [2.75, 3.05) is 7.11 Å². The smallest absolute Gasteiger partial charge is 0.437 e. The first-order valence-corrected chi connectivity index (χ1v) is 4.06. The van der Waals surface area contributed by atoms with Gasteiger partial charge in [-0.1, -0.05) is 24.3 Å². The summed E-state index contributed by atoms with van der Waals surface area (Å²) in [7, 11) is 1.19. The third kappa shape index (κ3) is 2.90. The minimum absolute atomic E-state index is 0.00236. The molecule has 0 saturated heterocycles. The van der Waals surface area contributed by atoms with Gasteiger partial charge in [0.25, 0.3) is 0 Å². The van der Waals surface area contributed by atoms with Gasteiger partial charge in [0.05, 0.1) is 7.11 Å². The van der Waals surface area contributed by atoms with E-state index in [-0.39, 0.29) is 18.0 Å². The van der Waals surface area contributed by atoms with Crippen LogP contribution in [0.1, 0.15) is 6.42 Å². The fraction of sp³-hybridized carbons (Fsp3) is 0.200. The number of rotatable bonds is 1. The van der Waals surface area contributed by atoms with Gasteiger partial charge in [-0.05, 0) is 6.08 Å². The molecule has 4 heteroatoms. The molecule has 0 radical (unpaired) electrons. The highest BCUT2D eigenvalue weighted by Gasteiger charge is 2.14. The van der Waals surface area contributed by atoms with Crippen LogP contribution in [0.15, 0.2) is 36.1 Å². The second-order valence-corrected chi connectivity index (χ2v) is 2.53. The first-order valence-electron chi connectivity index (χ1n) is 4.06. The van der Waals surface area contributed by atoms with Crippen molar-refractivity contribution in [1.82, 2.24) is 0 Å². The Kier molecular flexibility index (Phi) is 3.67. The summed E-state index contributed by atoms with van der Waals surface area (Å²) >= 11 is 0. The van der Waals surface area contributed by atoms with Crippen molar-refractivity contribution in [3.63, 3.8) is 0 Å². The molecular formula is C10H10O4. The summed E-state index contributed by atoms with van der Waals surface area (Å²) < 4.78 is 8.93. The molecule has 0 aromatic heterocycles. The van der Waals surface area contributed by atoms with E-state index < -0.39 is 6.16 Å². The Morgan fingerprint density at radius 3 is 2.86 bits per heavy atom. The molecule has 0 spiro atoms. The van der Waals surface area contributed by atoms with Crippen molar-refractivity contribution in [1.29, 1.82) is 0 Å². The van der Waals surface area contributed by atoms with Gasteiger partial charge in [-0.25, -0.2) is 4.79 Å². The van der Waals surface area contributed by atoms with Crippen LogP contribution in [0.5, 0.6) is 0 Å². The number of ketones is 1. The van der Waals surface area contributed by atoms with E-state index in [4.69, 9.17) is 0 Å². The van der Waals surface area contributed by atoms with E-state index in [1.54, 1.807) is 24.3 Å². The highest BCUT2D eigenvalue weighted by Crippen LogP contribution is 2.07. The van der Waals surface area contributed by atoms with Crippen molar-refractivity contribution in [3.8, 4) is 0 Å². The SMILES string of the molecule is COC(=O)OC1=CC=CC=CCC1=O. The fourth-order valence-corrected chi connectivity index (χ4v) is 0.877. The number of allylic oxidation sites excluding steroid dienone is 6. The molecule has 0 bridgehead atoms. The fourth-order valence-electron chi connectivity index (χ4n) is 0.877. The Morgan fingerprint density at radius 1 is 1.36 bits per heavy atom. The number of carbonyl (C=O) groups excluding carboxylic acids is 2. The molecule has 0 aliphatic heterocycles. The summed E-state index contributed by atoms with van der Waals surface area (Å²) in [5, 5.41) is 0. The molecule has 0 fully saturated rings. The quantitative estimate of drug-likeness (QED) is 0.596. The number of Topliss-reactive ketones (excluding diaryl/α,β-unsaturated/α-hetero) is 1. The molecule has 4 nitrogen and oxygen atoms in total. The Morgan fingerprint density at radius 2 is 2.14 bits per heavy atom. The van der Waals surface area contributed by atoms with Crippen molar-refractivity contribution in [2.24, 2.45) is 0 Å². The Bertz CT molecular complexity index is 323. The monoisotopic (exact) mass is 194 g/mol. The van der Waals surface area contributed by atoms with Crippen molar-refractivity contribution in [2.45, 2.75) is 6.42 Å². The standard InChI is InChI=1S/C10H10O4/c1-13-10(12)14-9-7-5-3-2-4-6-8(9)11/h2-5,7H,6H2,1H3. The highest BCUT2D eigenvalue weighted by molar-refractivity contribution is 5.96. The molecule has 0 N–H and O–H groups in total. The van der Waals surface area contributed by atoms with E-state index in [0.717, 1.165) is 0 Å². The van der Waals surface area contributed by atoms with Crippen LogP contribution in [0.25, 0.3) is 0 Å². The number of methoxy groups -OCH3 is 1. The molecule has 14 heavy (non-hydrogen) atoms. The average molecular weight is 194 g/mol. The molecule has 0 saturated carbocycles. The minimum atomic E-state index is -0.887. The van der Waals surface area contributed by atoms with Crippen molar-refractivity contribution in [3.05, 3.63) is 36.1 Å². The Balaban J connectivity index is 2.74. The molecule has 0 aromatic rings. The van der Waals surface area contributed by atoms with Gasteiger partial charge in [-0.3, -0.25) is 4.79 Å². The average Bonchev–Trinajstić information content (AvgIpc) is 2.17. The van der Waals surface area contributed by atoms with Gasteiger partial charge < -0.3 is 9.47 Å². The first kappa shape index (κ1) is 10.2. The third-order valence-electron chi connectivity index (χ3n) is 1.54. The largest absolute Gasteiger partial charge is 0.513 e. The summed E-state index contributed by atoms with van der Waals surface area (Å²) in [4.78, 5) is 22.1. The molecule has 0 atom stereocenters. The number of carbonyl (C=O) groups is 2. The van der Waals surface area contributed by atoms with Gasteiger partial charge in [0.2, 0.25) is 5.78 Å². The first-order chi connectivity index (χ1) is 6.74. The summed E-state index contributed by atoms with van der Waals surface area (Å²) in [5.74, 6) is -0.256. The number of hydrogen-bond donors (Lipinski definition) is 0. The predicted octanol–water partition coefficient (Wildman–Crippen LogP) is 1.74. The molecule has 0 heterocycles. The topological polar surface area (TPSA) is 52.6 Å². The van der Waals surface area contributed by atoms with Crippen LogP contribution in [0, 0.1) is 0 Å². The molecule has 74 valence electrons. The summed E-state index contributed by atoms with van der Waals surface area (Å²) in [6.07, 6.45) is 7.56. The lowest BCUT2D eigenvalue weighted by molar-refractivity contribution is -0.117. The van der Waals surface area contributed by atoms with E-state index >= 15 is 0 Å². The molecule has 1 aliphatic rings. The van der Waals surface area contributed by atoms with E-state index in [9.17, 15) is 9.59 Å². The zero-order valence-electron chi connectivity index (χ0n) is 7.73. The maximum absolute atomic E-state index is 11.3. The second-order valence-electron chi connectivity index (χ2n) is 2.53. The molecule has 1 aliphatic carbocycles. The van der Waals surface area contributed by atoms with Crippen LogP contribution in [0.3, 0.4) is 0 Å². The van der Waals surface area contributed by atoms with E-state index in [1.807, 2.05) is 0 Å². The Hall–Kier alpha value is -1.84. The van der Waals surface area contributed by atoms with Crippen LogP contribution in [-0.4, -0.2) is 19.0 Å². The minimum Gasteiger partial charge on any atom is -0.437 e. The van der Waals surface area contributed by atoms with Crippen molar-refractivity contribution < 1.29 is 19.1 Å². The number of ether oxygens (including phenoxy) is 2. The van der Waals surface area contributed by atoms with Crippen LogP contribution in [0.4, 0.5) is 4.79 Å². The zero-order valence-corrected chi connectivity index (χ0v) is 7.73. The van der Waals surface area contributed by atoms with Gasteiger partial charge >= 0.3 is 6.16 Å². The van der Waals surface area contributed by atoms with E-state index in [2.05, 4.69) is 9.47 Å². The maximum atomic E-state index is 11.3. The van der Waals surface area contributed by atoms with Gasteiger partial charge in [-0.2, -0.15) is 0 Å². The highest BCUT2D eigenvalue weighted by atomic mass is 16.7. The molecule has 1 rings (SSSR count). The van der Waals surface area contributed by atoms with Gasteiger partial charge in [0, 0.05) is 6.42 Å². The predicted molar refractivity (Wildman–Crippen MR) is 49.5 cm³/mol. The van der Waals surface area contributed by atoms with Crippen molar-refractivity contribution >= 4 is 11.9 Å². The van der Waals surface area contributed by atoms with Crippen LogP contribution in [0.2, 0.25) is 0 Å². The lowest BCUT2D eigenvalue weighted by Crippen LogP contribution is -2.11. The van der Waals surface area contributed by atoms with Gasteiger partial charge in [0.15, 0.2) is 5.76 Å². The molecule has 0 unspecified atom stereocenters. The lowest BCUT2D eigenvalue weighted by atomic mass is 10.2. The molecule has 0 amide bonds. The molecular weight excluding hydrogens is 184 g/mol. The summed E-state index contributed by atoms with van der Waals surface area (Å²) in [5.41, 5.74) is 0. The third-order valence-corrected chi connectivity index (χ3v) is 1.54.